The molecule has 0 aliphatic rings. The summed E-state index contributed by atoms with van der Waals surface area (Å²) < 4.78 is 10.0. The van der Waals surface area contributed by atoms with Crippen molar-refractivity contribution >= 4 is 29.1 Å². The number of amides is 2. The van der Waals surface area contributed by atoms with Crippen LogP contribution in [0.4, 0.5) is 0 Å². The lowest BCUT2D eigenvalue weighted by atomic mass is 10.2. The van der Waals surface area contributed by atoms with Crippen LogP contribution in [0.25, 0.3) is 0 Å². The number of para-hydroxylation sites is 1. The fourth-order valence-electron chi connectivity index (χ4n) is 2.13. The van der Waals surface area contributed by atoms with E-state index in [9.17, 15) is 14.4 Å². The van der Waals surface area contributed by atoms with Crippen molar-refractivity contribution in [3.05, 3.63) is 52.2 Å². The van der Waals surface area contributed by atoms with Crippen molar-refractivity contribution in [2.75, 3.05) is 27.3 Å². The first-order valence-corrected chi connectivity index (χ1v) is 8.77. The molecule has 0 bridgehead atoms. The topological polar surface area (TPSA) is 84.9 Å². The van der Waals surface area contributed by atoms with Gasteiger partial charge in [0.15, 0.2) is 6.61 Å². The molecule has 7 nitrogen and oxygen atoms in total. The standard InChI is InChI=1S/C18H20N2O5S/c1-20(10-13-7-8-26-12-13)16(21)11-25-17(22)9-19-18(23)14-5-3-4-6-15(14)24-2/h3-8,12H,9-11H2,1-2H3,(H,19,23). The molecule has 138 valence electrons. The minimum Gasteiger partial charge on any atom is -0.496 e. The van der Waals surface area contributed by atoms with Gasteiger partial charge in [-0.15, -0.1) is 0 Å². The molecule has 0 unspecified atom stereocenters. The van der Waals surface area contributed by atoms with Gasteiger partial charge >= 0.3 is 5.97 Å². The molecule has 2 amide bonds. The third kappa shape index (κ3) is 5.59. The highest BCUT2D eigenvalue weighted by atomic mass is 32.1. The molecule has 0 aliphatic heterocycles. The molecule has 1 aromatic carbocycles. The van der Waals surface area contributed by atoms with E-state index < -0.39 is 11.9 Å². The summed E-state index contributed by atoms with van der Waals surface area (Å²) in [5.74, 6) is -1.06. The molecule has 1 aromatic heterocycles. The summed E-state index contributed by atoms with van der Waals surface area (Å²) in [5, 5.41) is 6.32. The first-order chi connectivity index (χ1) is 12.5. The molecule has 2 rings (SSSR count). The molecule has 1 heterocycles. The maximum Gasteiger partial charge on any atom is 0.325 e. The average Bonchev–Trinajstić information content (AvgIpc) is 3.16. The second kappa shape index (κ2) is 9.57. The molecule has 8 heteroatoms. The van der Waals surface area contributed by atoms with Crippen LogP contribution < -0.4 is 10.1 Å². The van der Waals surface area contributed by atoms with Gasteiger partial charge in [0.05, 0.1) is 12.7 Å². The number of carbonyl (C=O) groups is 3. The fraction of sp³-hybridized carbons (Fsp3) is 0.278. The summed E-state index contributed by atoms with van der Waals surface area (Å²) in [5.41, 5.74) is 1.33. The lowest BCUT2D eigenvalue weighted by Gasteiger charge is -2.16. The Hall–Kier alpha value is -2.87. The second-order valence-corrected chi connectivity index (χ2v) is 6.21. The van der Waals surface area contributed by atoms with Crippen LogP contribution in [0.15, 0.2) is 41.1 Å². The van der Waals surface area contributed by atoms with Gasteiger partial charge in [0.25, 0.3) is 11.8 Å². The number of thiophene rings is 1. The van der Waals surface area contributed by atoms with Gasteiger partial charge in [-0.1, -0.05) is 12.1 Å². The normalized spacial score (nSPS) is 10.1. The number of methoxy groups -OCH3 is 1. The van der Waals surface area contributed by atoms with Gasteiger partial charge in [-0.2, -0.15) is 11.3 Å². The van der Waals surface area contributed by atoms with Crippen molar-refractivity contribution in [1.29, 1.82) is 0 Å². The maximum atomic E-state index is 12.1. The van der Waals surface area contributed by atoms with Gasteiger partial charge in [0, 0.05) is 13.6 Å². The van der Waals surface area contributed by atoms with Crippen molar-refractivity contribution in [2.24, 2.45) is 0 Å². The largest absolute Gasteiger partial charge is 0.496 e. The Morgan fingerprint density at radius 3 is 2.65 bits per heavy atom. The third-order valence-corrected chi connectivity index (χ3v) is 4.26. The second-order valence-electron chi connectivity index (χ2n) is 5.43. The number of hydrogen-bond acceptors (Lipinski definition) is 6. The van der Waals surface area contributed by atoms with E-state index in [4.69, 9.17) is 9.47 Å². The summed E-state index contributed by atoms with van der Waals surface area (Å²) in [6.45, 7) is -0.257. The minimum absolute atomic E-state index is 0.314. The molecule has 0 radical (unpaired) electrons. The van der Waals surface area contributed by atoms with Gasteiger partial charge < -0.3 is 19.7 Å². The molecular weight excluding hydrogens is 356 g/mol. The van der Waals surface area contributed by atoms with Crippen LogP contribution in [0.5, 0.6) is 5.75 Å². The predicted octanol–water partition coefficient (Wildman–Crippen LogP) is 1.69. The SMILES string of the molecule is COc1ccccc1C(=O)NCC(=O)OCC(=O)N(C)Cc1ccsc1. The van der Waals surface area contributed by atoms with Gasteiger partial charge in [-0.05, 0) is 34.5 Å². The number of nitrogens with one attached hydrogen (secondary N) is 1. The van der Waals surface area contributed by atoms with Crippen molar-refractivity contribution in [3.63, 3.8) is 0 Å². The molecular formula is C18H20N2O5S. The Balaban J connectivity index is 1.74. The molecule has 0 spiro atoms. The van der Waals surface area contributed by atoms with Crippen LogP contribution in [0, 0.1) is 0 Å². The lowest BCUT2D eigenvalue weighted by molar-refractivity contribution is -0.150. The van der Waals surface area contributed by atoms with Crippen LogP contribution >= 0.6 is 11.3 Å². The van der Waals surface area contributed by atoms with Crippen molar-refractivity contribution in [1.82, 2.24) is 10.2 Å². The first kappa shape index (κ1) is 19.5. The van der Waals surface area contributed by atoms with E-state index in [2.05, 4.69) is 5.32 Å². The van der Waals surface area contributed by atoms with Crippen molar-refractivity contribution < 1.29 is 23.9 Å². The number of likely N-dealkylation sites (N-methyl/N-ethyl adjacent to an activating group) is 1. The van der Waals surface area contributed by atoms with Crippen molar-refractivity contribution in [2.45, 2.75) is 6.54 Å². The summed E-state index contributed by atoms with van der Waals surface area (Å²) in [7, 11) is 3.09. The zero-order chi connectivity index (χ0) is 18.9. The Morgan fingerprint density at radius 1 is 1.19 bits per heavy atom. The Labute approximate surface area is 155 Å². The van der Waals surface area contributed by atoms with E-state index in [1.165, 1.54) is 12.0 Å². The van der Waals surface area contributed by atoms with Crippen molar-refractivity contribution in [3.8, 4) is 5.75 Å². The highest BCUT2D eigenvalue weighted by molar-refractivity contribution is 7.07. The predicted molar refractivity (Wildman–Crippen MR) is 97.1 cm³/mol. The first-order valence-electron chi connectivity index (χ1n) is 7.83. The Kier molecular flexibility index (Phi) is 7.16. The van der Waals surface area contributed by atoms with E-state index in [1.807, 2.05) is 16.8 Å². The molecule has 0 saturated heterocycles. The summed E-state index contributed by atoms with van der Waals surface area (Å²) in [6, 6.07) is 8.59. The molecule has 1 N–H and O–H groups in total. The molecule has 0 aliphatic carbocycles. The minimum atomic E-state index is -0.689. The fourth-order valence-corrected chi connectivity index (χ4v) is 2.79. The van der Waals surface area contributed by atoms with Crippen LogP contribution in [0.2, 0.25) is 0 Å². The van der Waals surface area contributed by atoms with Gasteiger partial charge in [-0.3, -0.25) is 14.4 Å². The molecule has 0 fully saturated rings. The third-order valence-electron chi connectivity index (χ3n) is 3.53. The van der Waals surface area contributed by atoms with Crippen LogP contribution in [0.1, 0.15) is 15.9 Å². The average molecular weight is 376 g/mol. The smallest absolute Gasteiger partial charge is 0.325 e. The van der Waals surface area contributed by atoms with Crippen LogP contribution in [0.3, 0.4) is 0 Å². The number of benzene rings is 1. The number of ether oxygens (including phenoxy) is 2. The maximum absolute atomic E-state index is 12.1. The van der Waals surface area contributed by atoms with E-state index >= 15 is 0 Å². The highest BCUT2D eigenvalue weighted by Crippen LogP contribution is 2.16. The number of esters is 1. The highest BCUT2D eigenvalue weighted by Gasteiger charge is 2.15. The summed E-state index contributed by atoms with van der Waals surface area (Å²) in [4.78, 5) is 37.3. The van der Waals surface area contributed by atoms with E-state index in [-0.39, 0.29) is 19.1 Å². The van der Waals surface area contributed by atoms with Crippen LogP contribution in [-0.2, 0) is 20.9 Å². The number of hydrogen-bond donors (Lipinski definition) is 1. The summed E-state index contributed by atoms with van der Waals surface area (Å²) >= 11 is 1.55. The molecule has 26 heavy (non-hydrogen) atoms. The summed E-state index contributed by atoms with van der Waals surface area (Å²) in [6.07, 6.45) is 0. The number of nitrogens with zero attached hydrogens (tertiary/aromatic N) is 1. The van der Waals surface area contributed by atoms with E-state index in [0.29, 0.717) is 17.9 Å². The van der Waals surface area contributed by atoms with E-state index in [1.54, 1.807) is 42.6 Å². The lowest BCUT2D eigenvalue weighted by Crippen LogP contribution is -2.34. The number of rotatable bonds is 8. The zero-order valence-electron chi connectivity index (χ0n) is 14.6. The Morgan fingerprint density at radius 2 is 1.96 bits per heavy atom. The monoisotopic (exact) mass is 376 g/mol. The van der Waals surface area contributed by atoms with Gasteiger partial charge in [-0.25, -0.2) is 0 Å². The molecule has 0 saturated carbocycles. The number of carbonyl (C=O) groups excluding carboxylic acids is 3. The van der Waals surface area contributed by atoms with Crippen LogP contribution in [-0.4, -0.2) is 50.0 Å². The molecule has 2 aromatic rings. The zero-order valence-corrected chi connectivity index (χ0v) is 15.4. The molecule has 0 atom stereocenters. The van der Waals surface area contributed by atoms with Gasteiger partial charge in [0.2, 0.25) is 0 Å². The van der Waals surface area contributed by atoms with E-state index in [0.717, 1.165) is 5.56 Å². The Bertz CT molecular complexity index is 761. The van der Waals surface area contributed by atoms with Gasteiger partial charge in [0.1, 0.15) is 12.3 Å². The quantitative estimate of drug-likeness (QED) is 0.709.